The molecule has 0 amide bonds. The minimum absolute atomic E-state index is 0.0726. The average Bonchev–Trinajstić information content (AvgIpc) is 3.71. The maximum atomic E-state index is 16.9. The van der Waals surface area contributed by atoms with E-state index in [4.69, 9.17) is 9.65 Å². The Hall–Kier alpha value is -5.09. The molecule has 0 radical (unpaired) electrons. The highest BCUT2D eigenvalue weighted by molar-refractivity contribution is 6.43. The van der Waals surface area contributed by atoms with E-state index in [1.807, 2.05) is 88.4 Å². The van der Waals surface area contributed by atoms with E-state index in [9.17, 15) is 22.0 Å². The molecule has 0 bridgehead atoms. The summed E-state index contributed by atoms with van der Waals surface area (Å²) in [6, 6.07) is 29.1. The summed E-state index contributed by atoms with van der Waals surface area (Å²) in [5.74, 6) is -5.29. The highest BCUT2D eigenvalue weighted by atomic mass is 19.4. The zero-order valence-electron chi connectivity index (χ0n) is 34.7. The van der Waals surface area contributed by atoms with Crippen LogP contribution in [0.3, 0.4) is 0 Å². The van der Waals surface area contributed by atoms with E-state index in [1.54, 1.807) is 24.3 Å². The molecule has 0 atom stereocenters. The van der Waals surface area contributed by atoms with E-state index >= 15 is 4.32 Å². The number of hydrogen-bond acceptors (Lipinski definition) is 2. The van der Waals surface area contributed by atoms with Crippen molar-refractivity contribution >= 4 is 24.7 Å². The maximum absolute atomic E-state index is 16.9. The predicted octanol–water partition coefficient (Wildman–Crippen LogP) is 13.6. The monoisotopic (exact) mass is 794 g/mol. The number of hydrogen-bond donors (Lipinski definition) is 0. The Labute approximate surface area is 338 Å². The van der Waals surface area contributed by atoms with Gasteiger partial charge in [0.05, 0.1) is 11.4 Å². The minimum atomic E-state index is -5.93. The molecule has 0 fully saturated rings. The summed E-state index contributed by atoms with van der Waals surface area (Å²) in [6.45, 7) is 18.2. The van der Waals surface area contributed by atoms with Crippen LogP contribution in [-0.4, -0.2) is 36.2 Å². The lowest BCUT2D eigenvalue weighted by molar-refractivity contribution is -0.290. The van der Waals surface area contributed by atoms with Gasteiger partial charge in [-0.1, -0.05) is 138 Å². The summed E-state index contributed by atoms with van der Waals surface area (Å²) in [5, 5.41) is 0. The van der Waals surface area contributed by atoms with Crippen molar-refractivity contribution in [3.05, 3.63) is 153 Å². The number of nitrogens with zero attached hydrogens (tertiary/aromatic N) is 2. The molecule has 1 aliphatic rings. The van der Waals surface area contributed by atoms with Crippen molar-refractivity contribution in [3.8, 4) is 22.4 Å². The third kappa shape index (κ3) is 8.82. The summed E-state index contributed by atoms with van der Waals surface area (Å²) in [6.07, 6.45) is -2.28. The van der Waals surface area contributed by atoms with Gasteiger partial charge in [-0.3, -0.25) is 4.32 Å². The molecule has 58 heavy (non-hydrogen) atoms. The van der Waals surface area contributed by atoms with Gasteiger partial charge in [-0.15, -0.1) is 0 Å². The molecule has 0 spiro atoms. The largest absolute Gasteiger partial charge is 0.638 e. The first-order valence-electron chi connectivity index (χ1n) is 19.3. The molecule has 302 valence electrons. The first kappa shape index (κ1) is 42.5. The Bertz CT molecular complexity index is 2420. The van der Waals surface area contributed by atoms with Crippen molar-refractivity contribution in [2.24, 2.45) is 4.99 Å². The Morgan fingerprint density at radius 2 is 1.14 bits per heavy atom. The maximum Gasteiger partial charge on any atom is 0.638 e. The van der Waals surface area contributed by atoms with E-state index in [0.717, 1.165) is 54.6 Å². The first-order chi connectivity index (χ1) is 26.9. The van der Waals surface area contributed by atoms with Crippen molar-refractivity contribution in [3.63, 3.8) is 0 Å². The molecule has 3 nitrogen and oxygen atoms in total. The molecule has 1 aromatic heterocycles. The lowest BCUT2D eigenvalue weighted by atomic mass is 9.86. The lowest BCUT2D eigenvalue weighted by Crippen LogP contribution is -2.43. The van der Waals surface area contributed by atoms with E-state index in [-0.39, 0.29) is 22.2 Å². The second-order valence-electron chi connectivity index (χ2n) is 17.4. The minimum Gasteiger partial charge on any atom is -0.382 e. The Balaban J connectivity index is 1.64. The normalized spacial score (nSPS) is 14.6. The van der Waals surface area contributed by atoms with E-state index in [2.05, 4.69) is 59.7 Å². The van der Waals surface area contributed by atoms with Gasteiger partial charge in [0, 0.05) is 28.1 Å². The van der Waals surface area contributed by atoms with Crippen molar-refractivity contribution in [1.29, 1.82) is 0 Å². The quantitative estimate of drug-likeness (QED) is 0.108. The number of rotatable bonds is 9. The predicted molar refractivity (Wildman–Crippen MR) is 226 cm³/mol. The van der Waals surface area contributed by atoms with Crippen LogP contribution in [0.4, 0.5) is 26.3 Å². The van der Waals surface area contributed by atoms with Gasteiger partial charge in [0.1, 0.15) is 6.61 Å². The van der Waals surface area contributed by atoms with Gasteiger partial charge in [-0.2, -0.15) is 22.0 Å². The van der Waals surface area contributed by atoms with Crippen LogP contribution in [0.2, 0.25) is 0 Å². The molecule has 10 heteroatoms. The summed E-state index contributed by atoms with van der Waals surface area (Å²) in [7, 11) is -2.75. The molecule has 2 heterocycles. The Morgan fingerprint density at radius 1 is 0.638 bits per heavy atom. The van der Waals surface area contributed by atoms with Crippen LogP contribution in [0.5, 0.6) is 0 Å². The van der Waals surface area contributed by atoms with E-state index < -0.39 is 26.0 Å². The standard InChI is InChI=1S/C48H49BF6N2O/c1-29-11-21-37(31(3)23-29)39-25-41(33-13-17-35(18-14-33)45(5,6)7)56-42(39)27-44-40(38-22-12-30(2)24-32(38)4)26-43(34-15-19-36(20-16-34)46(8,9)10)57(44)49(55)58-28-47(50,51)48(52,53)54/h11-27H,28H2,1-10H3/b42-27-. The fraction of sp³-hybridized carbons (Fsp3) is 0.312. The zero-order chi connectivity index (χ0) is 42.5. The van der Waals surface area contributed by atoms with Gasteiger partial charge in [0.2, 0.25) is 0 Å². The van der Waals surface area contributed by atoms with E-state index in [0.29, 0.717) is 28.1 Å². The molecule has 6 rings (SSSR count). The van der Waals surface area contributed by atoms with Gasteiger partial charge < -0.3 is 9.13 Å². The van der Waals surface area contributed by atoms with Crippen LogP contribution < -0.4 is 0 Å². The summed E-state index contributed by atoms with van der Waals surface area (Å²) in [4.78, 5) is 5.12. The van der Waals surface area contributed by atoms with Crippen LogP contribution in [0.1, 0.15) is 91.7 Å². The highest BCUT2D eigenvalue weighted by Crippen LogP contribution is 2.42. The molecule has 0 unspecified atom stereocenters. The molecule has 0 saturated heterocycles. The topological polar surface area (TPSA) is 26.5 Å². The molecular weight excluding hydrogens is 745 g/mol. The number of alkyl halides is 5. The van der Waals surface area contributed by atoms with Crippen LogP contribution in [0.25, 0.3) is 34.0 Å². The van der Waals surface area contributed by atoms with Crippen molar-refractivity contribution in [2.75, 3.05) is 6.61 Å². The number of aliphatic imine (C=N–C) groups is 1. The van der Waals surface area contributed by atoms with Crippen LogP contribution in [-0.2, 0) is 15.5 Å². The smallest absolute Gasteiger partial charge is 0.382 e. The van der Waals surface area contributed by atoms with Crippen molar-refractivity contribution < 1.29 is 30.9 Å². The Morgan fingerprint density at radius 3 is 1.62 bits per heavy atom. The zero-order valence-corrected chi connectivity index (χ0v) is 34.7. The summed E-state index contributed by atoms with van der Waals surface area (Å²) >= 11 is 0. The summed E-state index contributed by atoms with van der Waals surface area (Å²) < 4.78 is 91.5. The third-order valence-electron chi connectivity index (χ3n) is 10.6. The highest BCUT2D eigenvalue weighted by Gasteiger charge is 2.58. The van der Waals surface area contributed by atoms with Crippen molar-refractivity contribution in [1.82, 2.24) is 4.48 Å². The van der Waals surface area contributed by atoms with Gasteiger partial charge in [-0.25, -0.2) is 4.99 Å². The van der Waals surface area contributed by atoms with Crippen LogP contribution in [0, 0.1) is 27.7 Å². The first-order valence-corrected chi connectivity index (χ1v) is 19.3. The molecule has 0 N–H and O–H groups in total. The van der Waals surface area contributed by atoms with E-state index in [1.165, 1.54) is 0 Å². The molecule has 0 aliphatic carbocycles. The van der Waals surface area contributed by atoms with Gasteiger partial charge in [0.25, 0.3) is 0 Å². The van der Waals surface area contributed by atoms with Crippen LogP contribution in [0.15, 0.2) is 108 Å². The second kappa shape index (κ2) is 15.6. The fourth-order valence-corrected chi connectivity index (χ4v) is 7.22. The van der Waals surface area contributed by atoms with Gasteiger partial charge in [-0.05, 0) is 95.7 Å². The third-order valence-corrected chi connectivity index (χ3v) is 10.6. The second-order valence-corrected chi connectivity index (χ2v) is 17.4. The molecule has 1 aliphatic heterocycles. The van der Waals surface area contributed by atoms with Crippen LogP contribution >= 0.6 is 0 Å². The van der Waals surface area contributed by atoms with Gasteiger partial charge in [0.15, 0.2) is 0 Å². The SMILES string of the molecule is Cc1ccc(C2=CC(c3ccc(C(C)(C)C)cc3)=N/C2=C\c2c(-c3ccc(C)cc3C)cc(-c3ccc(C(C)(C)C)cc3)n2B(F)OCC(F)(F)C(F)(F)F)c(C)c1. The summed E-state index contributed by atoms with van der Waals surface area (Å²) in [5.41, 5.74) is 11.5. The number of aromatic nitrogens is 1. The average molecular weight is 795 g/mol. The molecule has 5 aromatic rings. The molecule has 4 aromatic carbocycles. The fourth-order valence-electron chi connectivity index (χ4n) is 7.22. The number of halogens is 6. The molecular formula is C48H49BF6N2O. The Kier molecular flexibility index (Phi) is 11.4. The number of aryl methyl sites for hydroxylation is 4. The number of allylic oxidation sites excluding steroid dienone is 2. The molecule has 0 saturated carbocycles. The number of benzene rings is 4. The lowest BCUT2D eigenvalue weighted by Gasteiger charge is -2.22. The van der Waals surface area contributed by atoms with Gasteiger partial charge >= 0.3 is 19.4 Å². The van der Waals surface area contributed by atoms with Crippen molar-refractivity contribution in [2.45, 2.75) is 92.2 Å².